The fourth-order valence-corrected chi connectivity index (χ4v) is 3.72. The highest BCUT2D eigenvalue weighted by Crippen LogP contribution is 2.20. The van der Waals surface area contributed by atoms with Gasteiger partial charge in [-0.25, -0.2) is 14.4 Å². The van der Waals surface area contributed by atoms with Crippen molar-refractivity contribution < 1.29 is 33.7 Å². The summed E-state index contributed by atoms with van der Waals surface area (Å²) < 4.78 is 17.1. The minimum Gasteiger partial charge on any atom is -0.454 e. The number of nitrogens with one attached hydrogen (secondary N) is 1. The molecule has 3 atom stereocenters. The minimum absolute atomic E-state index is 0.151. The maximum atomic E-state index is 13.1. The number of aliphatic hydroxyl groups is 1. The summed E-state index contributed by atoms with van der Waals surface area (Å²) in [7, 11) is 0. The molecule has 2 N–H and O–H groups in total. The van der Waals surface area contributed by atoms with E-state index in [0.717, 1.165) is 5.56 Å². The van der Waals surface area contributed by atoms with E-state index in [1.54, 1.807) is 81.4 Å². The maximum absolute atomic E-state index is 13.1. The summed E-state index contributed by atoms with van der Waals surface area (Å²) in [6.07, 6.45) is -2.98. The molecule has 3 aromatic rings. The number of hydrogen-bond acceptors (Lipinski definition) is 7. The minimum atomic E-state index is -1.26. The van der Waals surface area contributed by atoms with Crippen molar-refractivity contribution in [1.29, 1.82) is 0 Å². The lowest BCUT2D eigenvalue weighted by molar-refractivity contribution is -0.0552. The van der Waals surface area contributed by atoms with Crippen molar-refractivity contribution >= 4 is 18.0 Å². The summed E-state index contributed by atoms with van der Waals surface area (Å²) in [5, 5.41) is 12.9. The number of rotatable bonds is 10. The molecular weight excluding hydrogens is 486 g/mol. The number of amides is 1. The van der Waals surface area contributed by atoms with Gasteiger partial charge in [0.15, 0.2) is 6.10 Å². The second-order valence-corrected chi connectivity index (χ2v) is 9.67. The predicted molar refractivity (Wildman–Crippen MR) is 142 cm³/mol. The zero-order valence-electron chi connectivity index (χ0n) is 21.7. The lowest BCUT2D eigenvalue weighted by Gasteiger charge is -2.33. The third-order valence-electron chi connectivity index (χ3n) is 5.46. The molecule has 3 rings (SSSR count). The van der Waals surface area contributed by atoms with E-state index in [4.69, 9.17) is 14.2 Å². The summed E-state index contributed by atoms with van der Waals surface area (Å²) in [5.41, 5.74) is 0.565. The number of carbonyl (C=O) groups is 3. The topological polar surface area (TPSA) is 111 Å². The van der Waals surface area contributed by atoms with Crippen LogP contribution in [-0.4, -0.2) is 53.6 Å². The van der Waals surface area contributed by atoms with Gasteiger partial charge >= 0.3 is 18.0 Å². The Hall–Kier alpha value is -4.17. The fourth-order valence-electron chi connectivity index (χ4n) is 3.72. The van der Waals surface area contributed by atoms with Crippen molar-refractivity contribution in [2.75, 3.05) is 6.61 Å². The Morgan fingerprint density at radius 1 is 0.763 bits per heavy atom. The van der Waals surface area contributed by atoms with E-state index in [1.165, 1.54) is 0 Å². The third kappa shape index (κ3) is 8.74. The Bertz CT molecular complexity index is 1180. The number of hydrogen-bond donors (Lipinski definition) is 2. The van der Waals surface area contributed by atoms with Crippen LogP contribution in [0.2, 0.25) is 0 Å². The van der Waals surface area contributed by atoms with Gasteiger partial charge in [0.1, 0.15) is 11.7 Å². The van der Waals surface area contributed by atoms with Crippen LogP contribution in [0.15, 0.2) is 91.0 Å². The molecule has 0 heterocycles. The Labute approximate surface area is 222 Å². The van der Waals surface area contributed by atoms with E-state index in [0.29, 0.717) is 5.56 Å². The molecule has 8 nitrogen and oxygen atoms in total. The molecule has 0 fully saturated rings. The predicted octanol–water partition coefficient (Wildman–Crippen LogP) is 4.57. The average Bonchev–Trinajstić information content (AvgIpc) is 2.90. The first kappa shape index (κ1) is 28.4. The molecule has 0 aromatic heterocycles. The van der Waals surface area contributed by atoms with Crippen LogP contribution in [0, 0.1) is 0 Å². The Balaban J connectivity index is 1.97. The number of benzene rings is 3. The van der Waals surface area contributed by atoms with Crippen molar-refractivity contribution in [2.24, 2.45) is 0 Å². The van der Waals surface area contributed by atoms with Gasteiger partial charge in [0, 0.05) is 6.42 Å². The van der Waals surface area contributed by atoms with Crippen molar-refractivity contribution in [2.45, 2.75) is 51.0 Å². The van der Waals surface area contributed by atoms with Gasteiger partial charge in [-0.05, 0) is 50.6 Å². The highest BCUT2D eigenvalue weighted by Gasteiger charge is 2.38. The fraction of sp³-hybridized carbons (Fsp3) is 0.300. The number of carbonyl (C=O) groups excluding carboxylic acids is 3. The van der Waals surface area contributed by atoms with Gasteiger partial charge in [-0.1, -0.05) is 66.7 Å². The van der Waals surface area contributed by atoms with Crippen molar-refractivity contribution in [1.82, 2.24) is 5.32 Å². The normalized spacial score (nSPS) is 13.5. The maximum Gasteiger partial charge on any atom is 0.408 e. The molecule has 0 bridgehead atoms. The highest BCUT2D eigenvalue weighted by atomic mass is 16.6. The van der Waals surface area contributed by atoms with E-state index in [2.05, 4.69) is 5.32 Å². The van der Waals surface area contributed by atoms with Crippen LogP contribution < -0.4 is 5.32 Å². The first-order valence-corrected chi connectivity index (χ1v) is 12.3. The Morgan fingerprint density at radius 2 is 1.24 bits per heavy atom. The van der Waals surface area contributed by atoms with Crippen LogP contribution in [0.25, 0.3) is 0 Å². The standard InChI is InChI=1S/C30H33NO7/c1-30(2,3)38-29(35)31-24(20-32)26(37-28(34)23-17-11-6-12-18-23)25(19-21-13-7-4-8-14-21)36-27(33)22-15-9-5-10-16-22/h4-18,24-26,32H,19-20H2,1-3H3,(H,31,35)/t24-,25+,26-/m0/s1. The molecule has 0 aliphatic rings. The van der Waals surface area contributed by atoms with Crippen LogP contribution in [0.3, 0.4) is 0 Å². The first-order valence-electron chi connectivity index (χ1n) is 12.3. The van der Waals surface area contributed by atoms with Gasteiger partial charge in [-0.3, -0.25) is 0 Å². The summed E-state index contributed by atoms with van der Waals surface area (Å²) in [6.45, 7) is 4.49. The molecule has 200 valence electrons. The van der Waals surface area contributed by atoms with Gasteiger partial charge in [-0.15, -0.1) is 0 Å². The molecule has 38 heavy (non-hydrogen) atoms. The lowest BCUT2D eigenvalue weighted by atomic mass is 9.98. The molecular formula is C30H33NO7. The quantitative estimate of drug-likeness (QED) is 0.298. The average molecular weight is 520 g/mol. The Morgan fingerprint density at radius 3 is 1.71 bits per heavy atom. The SMILES string of the molecule is CC(C)(C)OC(=O)N[C@@H](CO)[C@H](OC(=O)c1ccccc1)[C@@H](Cc1ccccc1)OC(=O)c1ccccc1. The van der Waals surface area contributed by atoms with Crippen molar-refractivity contribution in [3.63, 3.8) is 0 Å². The molecule has 0 radical (unpaired) electrons. The van der Waals surface area contributed by atoms with Crippen LogP contribution in [-0.2, 0) is 20.6 Å². The summed E-state index contributed by atoms with van der Waals surface area (Å²) in [4.78, 5) is 38.8. The molecule has 0 saturated carbocycles. The van der Waals surface area contributed by atoms with Crippen molar-refractivity contribution in [3.8, 4) is 0 Å². The summed E-state index contributed by atoms with van der Waals surface area (Å²) in [6, 6.07) is 24.7. The molecule has 0 aliphatic heterocycles. The monoisotopic (exact) mass is 519 g/mol. The van der Waals surface area contributed by atoms with Gasteiger partial charge in [0.05, 0.1) is 23.8 Å². The molecule has 1 amide bonds. The van der Waals surface area contributed by atoms with E-state index >= 15 is 0 Å². The number of esters is 2. The van der Waals surface area contributed by atoms with E-state index < -0.39 is 48.5 Å². The van der Waals surface area contributed by atoms with Gasteiger partial charge in [0.2, 0.25) is 0 Å². The number of aliphatic hydroxyl groups excluding tert-OH is 1. The van der Waals surface area contributed by atoms with Crippen LogP contribution in [0.4, 0.5) is 4.79 Å². The third-order valence-corrected chi connectivity index (χ3v) is 5.46. The van der Waals surface area contributed by atoms with Crippen LogP contribution in [0.5, 0.6) is 0 Å². The van der Waals surface area contributed by atoms with Gasteiger partial charge in [-0.2, -0.15) is 0 Å². The summed E-state index contributed by atoms with van der Waals surface area (Å²) in [5.74, 6) is -1.34. The van der Waals surface area contributed by atoms with Gasteiger partial charge < -0.3 is 24.6 Å². The first-order chi connectivity index (χ1) is 18.2. The van der Waals surface area contributed by atoms with Crippen LogP contribution in [0.1, 0.15) is 47.1 Å². The molecule has 0 spiro atoms. The highest BCUT2D eigenvalue weighted by molar-refractivity contribution is 5.90. The molecule has 0 unspecified atom stereocenters. The van der Waals surface area contributed by atoms with E-state index in [1.807, 2.05) is 30.3 Å². The Kier molecular flexibility index (Phi) is 10.0. The largest absolute Gasteiger partial charge is 0.454 e. The second kappa shape index (κ2) is 13.4. The molecule has 8 heteroatoms. The van der Waals surface area contributed by atoms with Crippen LogP contribution >= 0.6 is 0 Å². The lowest BCUT2D eigenvalue weighted by Crippen LogP contribution is -2.55. The molecule has 0 aliphatic carbocycles. The number of alkyl carbamates (subject to hydrolysis) is 1. The smallest absolute Gasteiger partial charge is 0.408 e. The summed E-state index contributed by atoms with van der Waals surface area (Å²) >= 11 is 0. The van der Waals surface area contributed by atoms with E-state index in [9.17, 15) is 19.5 Å². The van der Waals surface area contributed by atoms with Gasteiger partial charge in [0.25, 0.3) is 0 Å². The zero-order chi connectivity index (χ0) is 27.5. The van der Waals surface area contributed by atoms with E-state index in [-0.39, 0.29) is 12.0 Å². The molecule has 3 aromatic carbocycles. The second-order valence-electron chi connectivity index (χ2n) is 9.67. The van der Waals surface area contributed by atoms with Crippen molar-refractivity contribution in [3.05, 3.63) is 108 Å². The molecule has 0 saturated heterocycles. The zero-order valence-corrected chi connectivity index (χ0v) is 21.7. The number of ether oxygens (including phenoxy) is 3.